The van der Waals surface area contributed by atoms with Crippen LogP contribution in [-0.4, -0.2) is 22.8 Å². The molecule has 0 heterocycles. The Morgan fingerprint density at radius 1 is 0.900 bits per heavy atom. The number of unbranched alkanes of at least 4 members (excludes halogenated alkanes) is 5. The minimum absolute atomic E-state index is 0.161. The van der Waals surface area contributed by atoms with E-state index in [2.05, 4.69) is 34.6 Å². The molecule has 122 valence electrons. The molecule has 0 rings (SSSR count). The zero-order valence-electron chi connectivity index (χ0n) is 15.1. The van der Waals surface area contributed by atoms with E-state index in [0.717, 1.165) is 6.04 Å². The Hall–Kier alpha value is 0.137. The summed E-state index contributed by atoms with van der Waals surface area (Å²) < 4.78 is 12.0. The van der Waals surface area contributed by atoms with E-state index in [1.165, 1.54) is 44.9 Å². The third-order valence-corrected chi connectivity index (χ3v) is 10.1. The summed E-state index contributed by atoms with van der Waals surface area (Å²) in [6, 6.07) is 1.13. The molecule has 0 fully saturated rings. The normalized spacial score (nSPS) is 14.6. The van der Waals surface area contributed by atoms with Crippen LogP contribution in [0.2, 0.25) is 11.1 Å². The van der Waals surface area contributed by atoms with Crippen LogP contribution in [-0.2, 0) is 8.85 Å². The van der Waals surface area contributed by atoms with Gasteiger partial charge in [-0.1, -0.05) is 79.6 Å². The molecule has 3 heteroatoms. The Bertz CT molecular complexity index is 237. The maximum atomic E-state index is 6.02. The van der Waals surface area contributed by atoms with Gasteiger partial charge in [-0.2, -0.15) is 0 Å². The van der Waals surface area contributed by atoms with E-state index in [4.69, 9.17) is 8.85 Å². The Labute approximate surface area is 128 Å². The van der Waals surface area contributed by atoms with Gasteiger partial charge >= 0.3 is 8.56 Å². The van der Waals surface area contributed by atoms with Crippen molar-refractivity contribution >= 4 is 8.56 Å². The summed E-state index contributed by atoms with van der Waals surface area (Å²) in [6.45, 7) is 11.6. The van der Waals surface area contributed by atoms with Gasteiger partial charge in [0.05, 0.1) is 0 Å². The molecule has 0 aromatic heterocycles. The molecule has 0 spiro atoms. The Morgan fingerprint density at radius 2 is 1.40 bits per heavy atom. The average molecular weight is 303 g/mol. The lowest BCUT2D eigenvalue weighted by atomic mass is 9.94. The van der Waals surface area contributed by atoms with Gasteiger partial charge < -0.3 is 8.85 Å². The van der Waals surface area contributed by atoms with Gasteiger partial charge in [-0.3, -0.25) is 0 Å². The molecule has 0 aliphatic carbocycles. The predicted octanol–water partition coefficient (Wildman–Crippen LogP) is 5.91. The fraction of sp³-hybridized carbons (Fsp3) is 1.00. The highest BCUT2D eigenvalue weighted by Crippen LogP contribution is 2.48. The molecule has 0 aliphatic heterocycles. The number of rotatable bonds is 12. The number of hydrogen-bond acceptors (Lipinski definition) is 2. The lowest BCUT2D eigenvalue weighted by Gasteiger charge is -2.45. The van der Waals surface area contributed by atoms with Gasteiger partial charge in [0.2, 0.25) is 0 Å². The fourth-order valence-corrected chi connectivity index (χ4v) is 7.10. The number of hydrogen-bond donors (Lipinski definition) is 0. The zero-order chi connectivity index (χ0) is 15.6. The molecule has 0 N–H and O–H groups in total. The van der Waals surface area contributed by atoms with Crippen molar-refractivity contribution in [3.05, 3.63) is 0 Å². The van der Waals surface area contributed by atoms with E-state index in [9.17, 15) is 0 Å². The van der Waals surface area contributed by atoms with Crippen molar-refractivity contribution in [1.82, 2.24) is 0 Å². The molecular formula is C17H38O2Si. The molecule has 2 nitrogen and oxygen atoms in total. The molecule has 20 heavy (non-hydrogen) atoms. The topological polar surface area (TPSA) is 18.5 Å². The first-order valence-electron chi connectivity index (χ1n) is 8.52. The van der Waals surface area contributed by atoms with Crippen LogP contribution in [0.4, 0.5) is 0 Å². The van der Waals surface area contributed by atoms with E-state index < -0.39 is 8.56 Å². The monoisotopic (exact) mass is 302 g/mol. The highest BCUT2D eigenvalue weighted by molar-refractivity contribution is 6.70. The summed E-state index contributed by atoms with van der Waals surface area (Å²) in [6.07, 6.45) is 9.17. The van der Waals surface area contributed by atoms with Gasteiger partial charge in [-0.05, 0) is 12.0 Å². The smallest absolute Gasteiger partial charge is 0.343 e. The van der Waals surface area contributed by atoms with E-state index in [0.29, 0.717) is 5.92 Å². The van der Waals surface area contributed by atoms with Gasteiger partial charge in [-0.25, -0.2) is 0 Å². The van der Waals surface area contributed by atoms with Gasteiger partial charge in [0, 0.05) is 19.3 Å². The van der Waals surface area contributed by atoms with Crippen LogP contribution < -0.4 is 0 Å². The Balaban J connectivity index is 4.52. The van der Waals surface area contributed by atoms with E-state index in [1.54, 1.807) is 0 Å². The van der Waals surface area contributed by atoms with Crippen LogP contribution in [0.1, 0.15) is 79.6 Å². The van der Waals surface area contributed by atoms with Crippen molar-refractivity contribution in [2.24, 2.45) is 5.92 Å². The largest absolute Gasteiger partial charge is 0.397 e. The Kier molecular flexibility index (Phi) is 10.0. The zero-order valence-corrected chi connectivity index (χ0v) is 16.1. The van der Waals surface area contributed by atoms with Gasteiger partial charge in [0.25, 0.3) is 0 Å². The third kappa shape index (κ3) is 5.16. The summed E-state index contributed by atoms with van der Waals surface area (Å²) in [4.78, 5) is 0. The van der Waals surface area contributed by atoms with E-state index in [1.807, 2.05) is 14.2 Å². The first-order valence-corrected chi connectivity index (χ1v) is 10.5. The second-order valence-corrected chi connectivity index (χ2v) is 10.8. The molecule has 0 aromatic rings. The quantitative estimate of drug-likeness (QED) is 0.329. The van der Waals surface area contributed by atoms with Crippen molar-refractivity contribution in [2.45, 2.75) is 90.6 Å². The van der Waals surface area contributed by atoms with Crippen LogP contribution in [0.5, 0.6) is 0 Å². The molecule has 1 unspecified atom stereocenters. The standard InChI is InChI=1S/C17H38O2Si/c1-8-10-11-12-13-14-15-20(18-6,19-7)17(4,5)16(3)9-2/h16H,8-15H2,1-7H3. The molecule has 0 aromatic carbocycles. The average Bonchev–Trinajstić information content (AvgIpc) is 2.45. The molecule has 1 atom stereocenters. The van der Waals surface area contributed by atoms with Crippen LogP contribution in [0.25, 0.3) is 0 Å². The van der Waals surface area contributed by atoms with Crippen molar-refractivity contribution in [2.75, 3.05) is 14.2 Å². The van der Waals surface area contributed by atoms with Crippen molar-refractivity contribution in [3.8, 4) is 0 Å². The van der Waals surface area contributed by atoms with Gasteiger partial charge in [0.15, 0.2) is 0 Å². The Morgan fingerprint density at radius 3 is 1.85 bits per heavy atom. The minimum atomic E-state index is -2.12. The van der Waals surface area contributed by atoms with Gasteiger partial charge in [0.1, 0.15) is 0 Å². The SMILES string of the molecule is CCCCCCCC[Si](OC)(OC)C(C)(C)C(C)CC. The summed E-state index contributed by atoms with van der Waals surface area (Å²) in [5, 5.41) is 0.161. The van der Waals surface area contributed by atoms with Crippen molar-refractivity contribution in [3.63, 3.8) is 0 Å². The maximum Gasteiger partial charge on any atom is 0.343 e. The van der Waals surface area contributed by atoms with Crippen molar-refractivity contribution in [1.29, 1.82) is 0 Å². The molecule has 0 radical (unpaired) electrons. The molecule has 0 amide bonds. The highest BCUT2D eigenvalue weighted by Gasteiger charge is 2.52. The van der Waals surface area contributed by atoms with Crippen LogP contribution in [0, 0.1) is 5.92 Å². The first-order chi connectivity index (χ1) is 9.41. The molecule has 0 bridgehead atoms. The predicted molar refractivity (Wildman–Crippen MR) is 91.5 cm³/mol. The van der Waals surface area contributed by atoms with Crippen LogP contribution in [0.15, 0.2) is 0 Å². The third-order valence-electron chi connectivity index (χ3n) is 5.35. The molecular weight excluding hydrogens is 264 g/mol. The lowest BCUT2D eigenvalue weighted by molar-refractivity contribution is 0.185. The summed E-state index contributed by atoms with van der Waals surface area (Å²) >= 11 is 0. The van der Waals surface area contributed by atoms with E-state index in [-0.39, 0.29) is 5.04 Å². The summed E-state index contributed by atoms with van der Waals surface area (Å²) in [5.41, 5.74) is 0. The minimum Gasteiger partial charge on any atom is -0.397 e. The van der Waals surface area contributed by atoms with Crippen LogP contribution >= 0.6 is 0 Å². The highest BCUT2D eigenvalue weighted by atomic mass is 28.4. The summed E-state index contributed by atoms with van der Waals surface area (Å²) in [7, 11) is 1.59. The fourth-order valence-electron chi connectivity index (χ4n) is 3.16. The van der Waals surface area contributed by atoms with Crippen molar-refractivity contribution < 1.29 is 8.85 Å². The van der Waals surface area contributed by atoms with Gasteiger partial charge in [-0.15, -0.1) is 0 Å². The first kappa shape index (κ1) is 20.1. The molecule has 0 saturated heterocycles. The maximum absolute atomic E-state index is 6.02. The molecule has 0 saturated carbocycles. The second kappa shape index (κ2) is 9.96. The van der Waals surface area contributed by atoms with E-state index >= 15 is 0 Å². The van der Waals surface area contributed by atoms with Crippen LogP contribution in [0.3, 0.4) is 0 Å². The second-order valence-electron chi connectivity index (χ2n) is 6.71. The molecule has 0 aliphatic rings. The summed E-state index contributed by atoms with van der Waals surface area (Å²) in [5.74, 6) is 0.633. The lowest BCUT2D eigenvalue weighted by Crippen LogP contribution is -2.52.